The van der Waals surface area contributed by atoms with Crippen LogP contribution in [0.3, 0.4) is 0 Å². The number of nitrogens with zero attached hydrogens (tertiary/aromatic N) is 3. The first-order valence-electron chi connectivity index (χ1n) is 10.00. The van der Waals surface area contributed by atoms with Gasteiger partial charge in [-0.2, -0.15) is 0 Å². The molecule has 0 aliphatic carbocycles. The molecular weight excluding hydrogens is 384 g/mol. The smallest absolute Gasteiger partial charge is 0.292 e. The Bertz CT molecular complexity index is 1050. The fraction of sp³-hybridized carbons (Fsp3) is 0.318. The molecule has 3 aromatic rings. The number of nitrogens with one attached hydrogen (secondary N) is 1. The highest BCUT2D eigenvalue weighted by Gasteiger charge is 2.26. The lowest BCUT2D eigenvalue weighted by atomic mass is 10.2. The molecule has 0 unspecified atom stereocenters. The molecule has 156 valence electrons. The Morgan fingerprint density at radius 1 is 1.10 bits per heavy atom. The van der Waals surface area contributed by atoms with Gasteiger partial charge in [-0.1, -0.05) is 18.2 Å². The largest absolute Gasteiger partial charge is 0.451 e. The maximum atomic E-state index is 12.8. The lowest BCUT2D eigenvalue weighted by molar-refractivity contribution is -0.384. The molecular formula is C22H24N4O4. The van der Waals surface area contributed by atoms with Crippen molar-refractivity contribution in [3.63, 3.8) is 0 Å². The van der Waals surface area contributed by atoms with Crippen molar-refractivity contribution in [2.75, 3.05) is 36.4 Å². The Kier molecular flexibility index (Phi) is 5.31. The first-order valence-corrected chi connectivity index (χ1v) is 10.00. The number of carbonyl (C=O) groups is 1. The number of fused-ring (bicyclic) bond motifs is 1. The summed E-state index contributed by atoms with van der Waals surface area (Å²) in [7, 11) is 0. The fourth-order valence-corrected chi connectivity index (χ4v) is 3.72. The number of amides is 1. The summed E-state index contributed by atoms with van der Waals surface area (Å²) in [6.07, 6.45) is 0. The number of hydrogen-bond donors (Lipinski definition) is 1. The molecule has 0 saturated carbocycles. The van der Waals surface area contributed by atoms with Crippen LogP contribution < -0.4 is 10.2 Å². The molecule has 1 N–H and O–H groups in total. The number of para-hydroxylation sites is 1. The Morgan fingerprint density at radius 2 is 1.83 bits per heavy atom. The van der Waals surface area contributed by atoms with Gasteiger partial charge in [0.05, 0.1) is 4.92 Å². The van der Waals surface area contributed by atoms with Crippen molar-refractivity contribution in [3.8, 4) is 0 Å². The number of hydrogen-bond acceptors (Lipinski definition) is 6. The van der Waals surface area contributed by atoms with E-state index >= 15 is 0 Å². The summed E-state index contributed by atoms with van der Waals surface area (Å²) in [5.74, 6) is 0.236. The van der Waals surface area contributed by atoms with Gasteiger partial charge in [0.25, 0.3) is 11.6 Å². The van der Waals surface area contributed by atoms with Crippen LogP contribution >= 0.6 is 0 Å². The van der Waals surface area contributed by atoms with E-state index < -0.39 is 0 Å². The first kappa shape index (κ1) is 19.8. The maximum Gasteiger partial charge on any atom is 0.292 e. The van der Waals surface area contributed by atoms with Crippen LogP contribution in [-0.2, 0) is 0 Å². The van der Waals surface area contributed by atoms with E-state index in [1.165, 1.54) is 6.07 Å². The molecule has 8 heteroatoms. The maximum absolute atomic E-state index is 12.8. The van der Waals surface area contributed by atoms with Gasteiger partial charge in [0.2, 0.25) is 0 Å². The van der Waals surface area contributed by atoms with E-state index in [1.807, 2.05) is 44.2 Å². The quantitative estimate of drug-likeness (QED) is 0.504. The Morgan fingerprint density at radius 3 is 2.50 bits per heavy atom. The molecule has 8 nitrogen and oxygen atoms in total. The van der Waals surface area contributed by atoms with Crippen molar-refractivity contribution in [2.24, 2.45) is 0 Å². The van der Waals surface area contributed by atoms with Gasteiger partial charge < -0.3 is 19.5 Å². The minimum absolute atomic E-state index is 0.0612. The first-order chi connectivity index (χ1) is 14.4. The van der Waals surface area contributed by atoms with E-state index in [0.717, 1.165) is 11.1 Å². The molecule has 1 aliphatic rings. The zero-order valence-electron chi connectivity index (χ0n) is 17.0. The van der Waals surface area contributed by atoms with Crippen LogP contribution in [0.4, 0.5) is 17.1 Å². The van der Waals surface area contributed by atoms with E-state index in [1.54, 1.807) is 17.0 Å². The number of rotatable bonds is 5. The molecule has 0 atom stereocenters. The molecule has 1 aromatic heterocycles. The summed E-state index contributed by atoms with van der Waals surface area (Å²) in [6, 6.07) is 14.5. The summed E-state index contributed by atoms with van der Waals surface area (Å²) >= 11 is 0. The Hall–Kier alpha value is -3.55. The summed E-state index contributed by atoms with van der Waals surface area (Å²) in [5, 5.41) is 15.4. The molecule has 0 bridgehead atoms. The van der Waals surface area contributed by atoms with E-state index in [2.05, 4.69) is 10.2 Å². The summed E-state index contributed by atoms with van der Waals surface area (Å²) < 4.78 is 5.71. The second-order valence-corrected chi connectivity index (χ2v) is 7.69. The number of carbonyl (C=O) groups excluding carboxylic acids is 1. The second kappa shape index (κ2) is 8.06. The van der Waals surface area contributed by atoms with E-state index in [-0.39, 0.29) is 22.6 Å². The molecule has 0 radical (unpaired) electrons. The van der Waals surface area contributed by atoms with Crippen LogP contribution in [0.15, 0.2) is 52.9 Å². The van der Waals surface area contributed by atoms with Gasteiger partial charge in [0, 0.05) is 49.4 Å². The number of piperazine rings is 1. The van der Waals surface area contributed by atoms with Crippen LogP contribution in [0.5, 0.6) is 0 Å². The van der Waals surface area contributed by atoms with Crippen LogP contribution in [0.1, 0.15) is 24.4 Å². The van der Waals surface area contributed by atoms with Crippen molar-refractivity contribution in [2.45, 2.75) is 19.9 Å². The number of anilines is 2. The van der Waals surface area contributed by atoms with Crippen molar-refractivity contribution >= 4 is 33.9 Å². The van der Waals surface area contributed by atoms with E-state index in [0.29, 0.717) is 43.2 Å². The topological polar surface area (TPSA) is 91.9 Å². The standard InChI is InChI=1S/C22H24N4O4/c1-15(2)23-18-14-17(7-8-19(18)26(28)29)24-9-11-25(12-10-24)22(27)21-13-16-5-3-4-6-20(16)30-21/h3-8,13-15,23H,9-12H2,1-2H3. The number of nitro benzene ring substituents is 1. The molecule has 1 fully saturated rings. The molecule has 30 heavy (non-hydrogen) atoms. The third-order valence-corrected chi connectivity index (χ3v) is 5.19. The minimum atomic E-state index is -0.377. The fourth-order valence-electron chi connectivity index (χ4n) is 3.72. The van der Waals surface area contributed by atoms with Gasteiger partial charge in [-0.15, -0.1) is 0 Å². The van der Waals surface area contributed by atoms with Crippen molar-refractivity contribution in [3.05, 3.63) is 64.4 Å². The van der Waals surface area contributed by atoms with Crippen LogP contribution in [-0.4, -0.2) is 48.0 Å². The monoisotopic (exact) mass is 408 g/mol. The SMILES string of the molecule is CC(C)Nc1cc(N2CCN(C(=O)c3cc4ccccc4o3)CC2)ccc1[N+](=O)[O-]. The van der Waals surface area contributed by atoms with Crippen molar-refractivity contribution in [1.82, 2.24) is 4.90 Å². The number of benzene rings is 2. The zero-order chi connectivity index (χ0) is 21.3. The zero-order valence-corrected chi connectivity index (χ0v) is 17.0. The van der Waals surface area contributed by atoms with E-state index in [9.17, 15) is 14.9 Å². The van der Waals surface area contributed by atoms with Gasteiger partial charge >= 0.3 is 0 Å². The highest BCUT2D eigenvalue weighted by Crippen LogP contribution is 2.31. The summed E-state index contributed by atoms with van der Waals surface area (Å²) in [4.78, 5) is 27.7. The highest BCUT2D eigenvalue weighted by molar-refractivity contribution is 5.96. The third-order valence-electron chi connectivity index (χ3n) is 5.19. The van der Waals surface area contributed by atoms with Gasteiger partial charge in [-0.3, -0.25) is 14.9 Å². The predicted octanol–water partition coefficient (Wildman–Crippen LogP) is 4.12. The molecule has 2 aromatic carbocycles. The van der Waals surface area contributed by atoms with Crippen molar-refractivity contribution in [1.29, 1.82) is 0 Å². The third kappa shape index (κ3) is 3.94. The Labute approximate surface area is 174 Å². The highest BCUT2D eigenvalue weighted by atomic mass is 16.6. The van der Waals surface area contributed by atoms with Gasteiger partial charge in [0.15, 0.2) is 5.76 Å². The number of nitro groups is 1. The summed E-state index contributed by atoms with van der Waals surface area (Å²) in [6.45, 7) is 6.28. The molecule has 1 aliphatic heterocycles. The molecule has 1 saturated heterocycles. The Balaban J connectivity index is 1.46. The second-order valence-electron chi connectivity index (χ2n) is 7.69. The lowest BCUT2D eigenvalue weighted by Gasteiger charge is -2.35. The summed E-state index contributed by atoms with van der Waals surface area (Å²) in [5.41, 5.74) is 2.18. The van der Waals surface area contributed by atoms with Crippen LogP contribution in [0.25, 0.3) is 11.0 Å². The van der Waals surface area contributed by atoms with Crippen LogP contribution in [0.2, 0.25) is 0 Å². The molecule has 2 heterocycles. The van der Waals surface area contributed by atoms with Gasteiger partial charge in [-0.25, -0.2) is 0 Å². The predicted molar refractivity (Wildman–Crippen MR) is 116 cm³/mol. The number of furan rings is 1. The van der Waals surface area contributed by atoms with Gasteiger partial charge in [-0.05, 0) is 38.1 Å². The van der Waals surface area contributed by atoms with E-state index in [4.69, 9.17) is 4.42 Å². The normalized spacial score (nSPS) is 14.4. The minimum Gasteiger partial charge on any atom is -0.451 e. The average Bonchev–Trinajstić information content (AvgIpc) is 3.17. The van der Waals surface area contributed by atoms with Crippen LogP contribution in [0, 0.1) is 10.1 Å². The molecule has 0 spiro atoms. The lowest BCUT2D eigenvalue weighted by Crippen LogP contribution is -2.48. The molecule has 4 rings (SSSR count). The van der Waals surface area contributed by atoms with Gasteiger partial charge in [0.1, 0.15) is 11.3 Å². The van der Waals surface area contributed by atoms with Crippen molar-refractivity contribution < 1.29 is 14.1 Å². The molecule has 1 amide bonds. The average molecular weight is 408 g/mol.